The van der Waals surface area contributed by atoms with Crippen LogP contribution in [0.2, 0.25) is 0 Å². The van der Waals surface area contributed by atoms with E-state index in [1.54, 1.807) is 6.33 Å². The second-order valence-corrected chi connectivity index (χ2v) is 4.58. The lowest BCUT2D eigenvalue weighted by Gasteiger charge is -2.07. The van der Waals surface area contributed by atoms with Gasteiger partial charge in [-0.25, -0.2) is 4.98 Å². The van der Waals surface area contributed by atoms with Crippen molar-refractivity contribution < 1.29 is 0 Å². The molecule has 98 valence electrons. The highest BCUT2D eigenvalue weighted by Gasteiger charge is 2.11. The Kier molecular flexibility index (Phi) is 2.70. The SMILES string of the molecule is CCn1cnnc1Cn1c(N)nc2cc(C)ccc21. The monoisotopic (exact) mass is 256 g/mol. The molecule has 3 rings (SSSR count). The van der Waals surface area contributed by atoms with E-state index in [0.29, 0.717) is 12.5 Å². The number of aryl methyl sites for hydroxylation is 2. The minimum atomic E-state index is 0.506. The van der Waals surface area contributed by atoms with Crippen molar-refractivity contribution in [3.63, 3.8) is 0 Å². The highest BCUT2D eigenvalue weighted by Crippen LogP contribution is 2.20. The second-order valence-electron chi connectivity index (χ2n) is 4.58. The lowest BCUT2D eigenvalue weighted by molar-refractivity contribution is 0.663. The molecule has 0 spiro atoms. The molecule has 6 nitrogen and oxygen atoms in total. The molecule has 6 heteroatoms. The molecule has 0 saturated carbocycles. The number of fused-ring (bicyclic) bond motifs is 1. The Balaban J connectivity index is 2.08. The Morgan fingerprint density at radius 1 is 1.32 bits per heavy atom. The minimum absolute atomic E-state index is 0.506. The van der Waals surface area contributed by atoms with Gasteiger partial charge in [0.1, 0.15) is 6.33 Å². The molecular weight excluding hydrogens is 240 g/mol. The quantitative estimate of drug-likeness (QED) is 0.772. The van der Waals surface area contributed by atoms with Crippen LogP contribution in [0.5, 0.6) is 0 Å². The van der Waals surface area contributed by atoms with Crippen LogP contribution >= 0.6 is 0 Å². The fourth-order valence-electron chi connectivity index (χ4n) is 2.23. The van der Waals surface area contributed by atoms with Gasteiger partial charge in [-0.1, -0.05) is 6.07 Å². The molecule has 0 saturated heterocycles. The fraction of sp³-hybridized carbons (Fsp3) is 0.308. The topological polar surface area (TPSA) is 74.5 Å². The Labute approximate surface area is 110 Å². The molecule has 2 heterocycles. The van der Waals surface area contributed by atoms with Gasteiger partial charge < -0.3 is 14.9 Å². The number of nitrogens with two attached hydrogens (primary N) is 1. The summed E-state index contributed by atoms with van der Waals surface area (Å²) < 4.78 is 3.96. The van der Waals surface area contributed by atoms with Crippen molar-refractivity contribution in [3.05, 3.63) is 35.9 Å². The number of nitrogen functional groups attached to an aromatic ring is 1. The molecule has 0 aliphatic carbocycles. The van der Waals surface area contributed by atoms with Gasteiger partial charge in [0.15, 0.2) is 5.82 Å². The zero-order valence-electron chi connectivity index (χ0n) is 11.0. The summed E-state index contributed by atoms with van der Waals surface area (Å²) >= 11 is 0. The first-order valence-corrected chi connectivity index (χ1v) is 6.28. The number of anilines is 1. The number of aromatic nitrogens is 5. The molecule has 0 bridgehead atoms. The summed E-state index contributed by atoms with van der Waals surface area (Å²) in [5.74, 6) is 1.39. The molecule has 0 unspecified atom stereocenters. The summed E-state index contributed by atoms with van der Waals surface area (Å²) in [5.41, 5.74) is 9.12. The number of imidazole rings is 1. The summed E-state index contributed by atoms with van der Waals surface area (Å²) in [5, 5.41) is 8.07. The summed E-state index contributed by atoms with van der Waals surface area (Å²) in [6.45, 7) is 5.53. The zero-order valence-corrected chi connectivity index (χ0v) is 11.0. The van der Waals surface area contributed by atoms with Crippen molar-refractivity contribution >= 4 is 17.0 Å². The molecule has 3 aromatic rings. The molecule has 0 aliphatic heterocycles. The maximum absolute atomic E-state index is 6.01. The first kappa shape index (κ1) is 11.7. The molecule has 1 aromatic carbocycles. The van der Waals surface area contributed by atoms with Crippen molar-refractivity contribution in [2.24, 2.45) is 0 Å². The van der Waals surface area contributed by atoms with E-state index >= 15 is 0 Å². The Hall–Kier alpha value is -2.37. The Morgan fingerprint density at radius 3 is 2.95 bits per heavy atom. The maximum atomic E-state index is 6.01. The molecule has 19 heavy (non-hydrogen) atoms. The lowest BCUT2D eigenvalue weighted by Crippen LogP contribution is -2.10. The van der Waals surface area contributed by atoms with E-state index in [0.717, 1.165) is 23.4 Å². The highest BCUT2D eigenvalue weighted by molar-refractivity contribution is 5.79. The molecule has 2 N–H and O–H groups in total. The molecule has 0 radical (unpaired) electrons. The highest BCUT2D eigenvalue weighted by atomic mass is 15.3. The van der Waals surface area contributed by atoms with Crippen LogP contribution in [0, 0.1) is 6.92 Å². The van der Waals surface area contributed by atoms with Gasteiger partial charge in [-0.05, 0) is 31.5 Å². The summed E-state index contributed by atoms with van der Waals surface area (Å²) in [6.07, 6.45) is 1.73. The van der Waals surface area contributed by atoms with Gasteiger partial charge in [-0.3, -0.25) is 0 Å². The van der Waals surface area contributed by atoms with Gasteiger partial charge in [-0.15, -0.1) is 10.2 Å². The van der Waals surface area contributed by atoms with Crippen molar-refractivity contribution in [2.45, 2.75) is 26.9 Å². The van der Waals surface area contributed by atoms with Crippen LogP contribution in [0.3, 0.4) is 0 Å². The average Bonchev–Trinajstić information content (AvgIpc) is 2.95. The van der Waals surface area contributed by atoms with Gasteiger partial charge in [-0.2, -0.15) is 0 Å². The van der Waals surface area contributed by atoms with Gasteiger partial charge in [0.2, 0.25) is 5.95 Å². The third-order valence-corrected chi connectivity index (χ3v) is 3.27. The number of hydrogen-bond donors (Lipinski definition) is 1. The van der Waals surface area contributed by atoms with E-state index in [2.05, 4.69) is 28.2 Å². The van der Waals surface area contributed by atoms with Gasteiger partial charge in [0.05, 0.1) is 17.6 Å². The molecular formula is C13H16N6. The van der Waals surface area contributed by atoms with E-state index in [-0.39, 0.29) is 0 Å². The van der Waals surface area contributed by atoms with Crippen molar-refractivity contribution in [1.29, 1.82) is 0 Å². The normalized spacial score (nSPS) is 11.3. The minimum Gasteiger partial charge on any atom is -0.369 e. The third-order valence-electron chi connectivity index (χ3n) is 3.27. The summed E-state index contributed by atoms with van der Waals surface area (Å²) in [6, 6.07) is 6.14. The van der Waals surface area contributed by atoms with Crippen LogP contribution in [0.4, 0.5) is 5.95 Å². The molecule has 0 atom stereocenters. The number of hydrogen-bond acceptors (Lipinski definition) is 4. The van der Waals surface area contributed by atoms with Crippen LogP contribution in [-0.4, -0.2) is 24.3 Å². The Bertz CT molecular complexity index is 724. The zero-order chi connectivity index (χ0) is 13.4. The average molecular weight is 256 g/mol. The molecule has 0 aliphatic rings. The third kappa shape index (κ3) is 1.95. The van der Waals surface area contributed by atoms with E-state index in [4.69, 9.17) is 5.73 Å². The first-order chi connectivity index (χ1) is 9.19. The summed E-state index contributed by atoms with van der Waals surface area (Å²) in [4.78, 5) is 4.39. The number of nitrogens with zero attached hydrogens (tertiary/aromatic N) is 5. The van der Waals surface area contributed by atoms with E-state index in [1.165, 1.54) is 5.56 Å². The predicted molar refractivity (Wildman–Crippen MR) is 73.7 cm³/mol. The molecule has 0 amide bonds. The molecule has 2 aromatic heterocycles. The van der Waals surface area contributed by atoms with Crippen LogP contribution in [0.25, 0.3) is 11.0 Å². The van der Waals surface area contributed by atoms with Crippen LogP contribution < -0.4 is 5.73 Å². The van der Waals surface area contributed by atoms with Crippen molar-refractivity contribution in [3.8, 4) is 0 Å². The van der Waals surface area contributed by atoms with Crippen LogP contribution in [-0.2, 0) is 13.1 Å². The number of benzene rings is 1. The van der Waals surface area contributed by atoms with Gasteiger partial charge in [0.25, 0.3) is 0 Å². The smallest absolute Gasteiger partial charge is 0.201 e. The van der Waals surface area contributed by atoms with E-state index in [9.17, 15) is 0 Å². The van der Waals surface area contributed by atoms with E-state index < -0.39 is 0 Å². The largest absolute Gasteiger partial charge is 0.369 e. The summed E-state index contributed by atoms with van der Waals surface area (Å²) in [7, 11) is 0. The van der Waals surface area contributed by atoms with Gasteiger partial charge >= 0.3 is 0 Å². The molecule has 0 fully saturated rings. The van der Waals surface area contributed by atoms with Crippen LogP contribution in [0.1, 0.15) is 18.3 Å². The maximum Gasteiger partial charge on any atom is 0.201 e. The lowest BCUT2D eigenvalue weighted by atomic mass is 10.2. The predicted octanol–water partition coefficient (Wildman–Crippen LogP) is 1.59. The fourth-order valence-corrected chi connectivity index (χ4v) is 2.23. The second kappa shape index (κ2) is 4.38. The first-order valence-electron chi connectivity index (χ1n) is 6.28. The number of rotatable bonds is 3. The standard InChI is InChI=1S/C13H16N6/c1-3-18-8-15-17-12(18)7-19-11-5-4-9(2)6-10(11)16-13(19)14/h4-6,8H,3,7H2,1-2H3,(H2,14,16). The van der Waals surface area contributed by atoms with Crippen LogP contribution in [0.15, 0.2) is 24.5 Å². The Morgan fingerprint density at radius 2 is 2.16 bits per heavy atom. The van der Waals surface area contributed by atoms with Crippen molar-refractivity contribution in [1.82, 2.24) is 24.3 Å². The van der Waals surface area contributed by atoms with Crippen molar-refractivity contribution in [2.75, 3.05) is 5.73 Å². The van der Waals surface area contributed by atoms with Gasteiger partial charge in [0, 0.05) is 6.54 Å². The van der Waals surface area contributed by atoms with E-state index in [1.807, 2.05) is 28.2 Å².